The van der Waals surface area contributed by atoms with Gasteiger partial charge in [0.2, 0.25) is 11.8 Å². The minimum Gasteiger partial charge on any atom is -0.475 e. The molecule has 0 fully saturated rings. The van der Waals surface area contributed by atoms with Crippen LogP contribution in [0.4, 0.5) is 5.95 Å². The number of anilines is 1. The molecule has 1 atom stereocenters. The molecule has 0 aliphatic carbocycles. The van der Waals surface area contributed by atoms with Gasteiger partial charge in [0.25, 0.3) is 0 Å². The van der Waals surface area contributed by atoms with Gasteiger partial charge in [-0.3, -0.25) is 0 Å². The van der Waals surface area contributed by atoms with Crippen molar-refractivity contribution in [3.05, 3.63) is 12.3 Å². The number of ether oxygens (including phenoxy) is 1. The number of nitrogens with one attached hydrogen (secondary N) is 1. The largest absolute Gasteiger partial charge is 0.475 e. The molecule has 3 N–H and O–H groups in total. The van der Waals surface area contributed by atoms with Crippen molar-refractivity contribution in [1.82, 2.24) is 9.97 Å². The lowest BCUT2D eigenvalue weighted by atomic mass is 9.97. The molecule has 1 unspecified atom stereocenters. The molecule has 0 aromatic carbocycles. The lowest BCUT2D eigenvalue weighted by molar-refractivity contribution is 0.232. The lowest BCUT2D eigenvalue weighted by Crippen LogP contribution is -2.47. The highest BCUT2D eigenvalue weighted by molar-refractivity contribution is 5.31. The summed E-state index contributed by atoms with van der Waals surface area (Å²) in [5.74, 6) is 1.10. The second-order valence-corrected chi connectivity index (χ2v) is 5.02. The maximum absolute atomic E-state index is 5.89. The molecule has 1 rings (SSSR count). The normalized spacial score (nSPS) is 13.6. The van der Waals surface area contributed by atoms with Crippen LogP contribution in [-0.4, -0.2) is 27.7 Å². The van der Waals surface area contributed by atoms with Gasteiger partial charge in [0.15, 0.2) is 0 Å². The molecular weight excluding hydrogens is 216 g/mol. The maximum Gasteiger partial charge on any atom is 0.226 e. The Morgan fingerprint density at radius 2 is 2.00 bits per heavy atom. The van der Waals surface area contributed by atoms with E-state index in [9.17, 15) is 0 Å². The highest BCUT2D eigenvalue weighted by atomic mass is 16.5. The van der Waals surface area contributed by atoms with Crippen LogP contribution in [0.25, 0.3) is 0 Å². The molecule has 0 aliphatic heterocycles. The monoisotopic (exact) mass is 238 g/mol. The average molecular weight is 238 g/mol. The second-order valence-electron chi connectivity index (χ2n) is 5.02. The summed E-state index contributed by atoms with van der Waals surface area (Å²) in [4.78, 5) is 8.44. The van der Waals surface area contributed by atoms with Crippen molar-refractivity contribution in [3.63, 3.8) is 0 Å². The van der Waals surface area contributed by atoms with E-state index in [0.29, 0.717) is 11.8 Å². The molecule has 0 saturated carbocycles. The van der Waals surface area contributed by atoms with E-state index in [2.05, 4.69) is 15.3 Å². The van der Waals surface area contributed by atoms with E-state index in [1.165, 1.54) is 0 Å². The molecule has 0 radical (unpaired) electrons. The predicted molar refractivity (Wildman–Crippen MR) is 69.1 cm³/mol. The summed E-state index contributed by atoms with van der Waals surface area (Å²) in [6.07, 6.45) is 1.77. The molecule has 1 aromatic rings. The van der Waals surface area contributed by atoms with Gasteiger partial charge in [0.05, 0.1) is 6.10 Å². The Hall–Kier alpha value is -1.36. The maximum atomic E-state index is 5.89. The highest BCUT2D eigenvalue weighted by Crippen LogP contribution is 2.16. The zero-order chi connectivity index (χ0) is 13.1. The third kappa shape index (κ3) is 4.19. The minimum atomic E-state index is -0.267. The Morgan fingerprint density at radius 3 is 2.53 bits per heavy atom. The lowest BCUT2D eigenvalue weighted by Gasteiger charge is -2.30. The Labute approximate surface area is 103 Å². The molecule has 0 aliphatic rings. The first kappa shape index (κ1) is 13.7. The van der Waals surface area contributed by atoms with Crippen molar-refractivity contribution < 1.29 is 4.74 Å². The fourth-order valence-corrected chi connectivity index (χ4v) is 1.11. The van der Waals surface area contributed by atoms with Crippen molar-refractivity contribution >= 4 is 5.95 Å². The molecule has 1 heterocycles. The number of aromatic nitrogens is 2. The van der Waals surface area contributed by atoms with Gasteiger partial charge in [-0.1, -0.05) is 0 Å². The van der Waals surface area contributed by atoms with Crippen molar-refractivity contribution in [1.29, 1.82) is 0 Å². The molecule has 0 bridgehead atoms. The summed E-state index contributed by atoms with van der Waals surface area (Å²) in [7, 11) is 0. The van der Waals surface area contributed by atoms with Crippen molar-refractivity contribution in [2.75, 3.05) is 5.32 Å². The molecule has 96 valence electrons. The Kier molecular flexibility index (Phi) is 4.28. The number of nitrogens with two attached hydrogens (primary N) is 1. The van der Waals surface area contributed by atoms with E-state index in [4.69, 9.17) is 10.5 Å². The first-order valence-corrected chi connectivity index (χ1v) is 5.84. The van der Waals surface area contributed by atoms with Crippen LogP contribution in [0, 0.1) is 0 Å². The van der Waals surface area contributed by atoms with Crippen LogP contribution in [0.5, 0.6) is 5.88 Å². The second kappa shape index (κ2) is 5.31. The quantitative estimate of drug-likeness (QED) is 0.818. The summed E-state index contributed by atoms with van der Waals surface area (Å²) in [6.45, 7) is 9.89. The zero-order valence-electron chi connectivity index (χ0n) is 11.2. The zero-order valence-corrected chi connectivity index (χ0v) is 11.2. The SMILES string of the molecule is CC(C)Oc1ccnc(NC(C)(C)C(C)N)n1. The number of nitrogens with zero attached hydrogens (tertiary/aromatic N) is 2. The van der Waals surface area contributed by atoms with Gasteiger partial charge in [0, 0.05) is 23.8 Å². The van der Waals surface area contributed by atoms with Crippen molar-refractivity contribution in [2.24, 2.45) is 5.73 Å². The smallest absolute Gasteiger partial charge is 0.226 e. The van der Waals surface area contributed by atoms with E-state index in [1.54, 1.807) is 12.3 Å². The third-order valence-corrected chi connectivity index (χ3v) is 2.56. The molecule has 17 heavy (non-hydrogen) atoms. The Bertz CT molecular complexity index is 363. The molecule has 0 spiro atoms. The van der Waals surface area contributed by atoms with Gasteiger partial charge < -0.3 is 15.8 Å². The minimum absolute atomic E-state index is 0.0132. The van der Waals surface area contributed by atoms with Crippen LogP contribution in [0.2, 0.25) is 0 Å². The average Bonchev–Trinajstić information content (AvgIpc) is 2.15. The fourth-order valence-electron chi connectivity index (χ4n) is 1.11. The number of rotatable bonds is 5. The van der Waals surface area contributed by atoms with E-state index in [0.717, 1.165) is 0 Å². The van der Waals surface area contributed by atoms with Gasteiger partial charge in [-0.2, -0.15) is 4.98 Å². The fraction of sp³-hybridized carbons (Fsp3) is 0.667. The van der Waals surface area contributed by atoms with Crippen LogP contribution in [0.15, 0.2) is 12.3 Å². The van der Waals surface area contributed by atoms with E-state index >= 15 is 0 Å². The Balaban J connectivity index is 2.78. The third-order valence-electron chi connectivity index (χ3n) is 2.56. The summed E-state index contributed by atoms with van der Waals surface area (Å²) < 4.78 is 5.51. The van der Waals surface area contributed by atoms with Crippen LogP contribution >= 0.6 is 0 Å². The van der Waals surface area contributed by atoms with Gasteiger partial charge in [-0.05, 0) is 34.6 Å². The summed E-state index contributed by atoms with van der Waals surface area (Å²) in [6, 6.07) is 1.73. The van der Waals surface area contributed by atoms with Crippen LogP contribution < -0.4 is 15.8 Å². The molecular formula is C12H22N4O. The molecule has 5 heteroatoms. The molecule has 0 amide bonds. The predicted octanol–water partition coefficient (Wildman–Crippen LogP) is 1.80. The van der Waals surface area contributed by atoms with Crippen LogP contribution in [-0.2, 0) is 0 Å². The van der Waals surface area contributed by atoms with Crippen LogP contribution in [0.3, 0.4) is 0 Å². The van der Waals surface area contributed by atoms with E-state index in [1.807, 2.05) is 34.6 Å². The summed E-state index contributed by atoms with van der Waals surface area (Å²) in [5, 5.41) is 3.20. The Morgan fingerprint density at radius 1 is 1.35 bits per heavy atom. The number of hydrogen-bond donors (Lipinski definition) is 2. The summed E-state index contributed by atoms with van der Waals surface area (Å²) in [5.41, 5.74) is 5.62. The van der Waals surface area contributed by atoms with Gasteiger partial charge in [-0.25, -0.2) is 4.98 Å². The van der Waals surface area contributed by atoms with Crippen molar-refractivity contribution in [2.45, 2.75) is 52.3 Å². The van der Waals surface area contributed by atoms with Gasteiger partial charge >= 0.3 is 0 Å². The van der Waals surface area contributed by atoms with E-state index in [-0.39, 0.29) is 17.7 Å². The number of hydrogen-bond acceptors (Lipinski definition) is 5. The van der Waals surface area contributed by atoms with E-state index < -0.39 is 0 Å². The molecule has 0 saturated heterocycles. The molecule has 5 nitrogen and oxygen atoms in total. The molecule has 1 aromatic heterocycles. The van der Waals surface area contributed by atoms with Crippen LogP contribution in [0.1, 0.15) is 34.6 Å². The first-order valence-electron chi connectivity index (χ1n) is 5.84. The first-order chi connectivity index (χ1) is 7.81. The highest BCUT2D eigenvalue weighted by Gasteiger charge is 2.23. The topological polar surface area (TPSA) is 73.1 Å². The van der Waals surface area contributed by atoms with Gasteiger partial charge in [-0.15, -0.1) is 0 Å². The van der Waals surface area contributed by atoms with Crippen molar-refractivity contribution in [3.8, 4) is 5.88 Å². The summed E-state index contributed by atoms with van der Waals surface area (Å²) >= 11 is 0. The standard InChI is InChI=1S/C12H22N4O/c1-8(2)17-10-6-7-14-11(15-10)16-12(4,5)9(3)13/h6-9H,13H2,1-5H3,(H,14,15,16). The van der Waals surface area contributed by atoms with Gasteiger partial charge in [0.1, 0.15) is 0 Å².